The van der Waals surface area contributed by atoms with Gasteiger partial charge in [0.15, 0.2) is 0 Å². The molecule has 3 aliphatic rings. The summed E-state index contributed by atoms with van der Waals surface area (Å²) in [7, 11) is 1.28. The summed E-state index contributed by atoms with van der Waals surface area (Å²) < 4.78 is 21.7. The Morgan fingerprint density at radius 2 is 1.98 bits per heavy atom. The highest BCUT2D eigenvalue weighted by atomic mass is 16.6. The SMILES string of the molecule is COC(=O)C(CCO[C@H]1C[C@H](CCc2ccc3c(n2)NCCC3)C1)NC(=O)OC1(C)CN(C(=O)OC(C)(C)C)C1. The fraction of sp³-hybridized carbons (Fsp3) is 0.724. The van der Waals surface area contributed by atoms with E-state index in [0.29, 0.717) is 12.5 Å². The molecule has 40 heavy (non-hydrogen) atoms. The van der Waals surface area contributed by atoms with Crippen LogP contribution in [-0.4, -0.2) is 84.7 Å². The number of methoxy groups -OCH3 is 1. The van der Waals surface area contributed by atoms with Crippen LogP contribution in [0.5, 0.6) is 0 Å². The van der Waals surface area contributed by atoms with E-state index < -0.39 is 35.4 Å². The van der Waals surface area contributed by atoms with Gasteiger partial charge in [-0.2, -0.15) is 0 Å². The molecule has 3 heterocycles. The number of hydrogen-bond acceptors (Lipinski definition) is 9. The van der Waals surface area contributed by atoms with Crippen LogP contribution >= 0.6 is 0 Å². The summed E-state index contributed by atoms with van der Waals surface area (Å²) in [4.78, 5) is 43.2. The number of likely N-dealkylation sites (tertiary alicyclic amines) is 1. The van der Waals surface area contributed by atoms with Crippen molar-refractivity contribution >= 4 is 24.0 Å². The van der Waals surface area contributed by atoms with Crippen molar-refractivity contribution in [2.24, 2.45) is 5.92 Å². The molecule has 222 valence electrons. The monoisotopic (exact) mass is 560 g/mol. The average molecular weight is 561 g/mol. The molecule has 2 N–H and O–H groups in total. The molecule has 1 aromatic heterocycles. The predicted molar refractivity (Wildman–Crippen MR) is 148 cm³/mol. The molecule has 0 aromatic carbocycles. The topological polar surface area (TPSA) is 128 Å². The molecule has 2 aliphatic heterocycles. The van der Waals surface area contributed by atoms with E-state index >= 15 is 0 Å². The smallest absolute Gasteiger partial charge is 0.410 e. The molecule has 4 rings (SSSR count). The number of carbonyl (C=O) groups is 3. The van der Waals surface area contributed by atoms with Gasteiger partial charge in [-0.05, 0) is 83.8 Å². The summed E-state index contributed by atoms with van der Waals surface area (Å²) in [6.45, 7) is 8.84. The minimum absolute atomic E-state index is 0.154. The van der Waals surface area contributed by atoms with Gasteiger partial charge >= 0.3 is 18.2 Å². The van der Waals surface area contributed by atoms with Crippen molar-refractivity contribution in [3.05, 3.63) is 23.4 Å². The van der Waals surface area contributed by atoms with Crippen molar-refractivity contribution in [1.82, 2.24) is 15.2 Å². The van der Waals surface area contributed by atoms with Gasteiger partial charge in [0, 0.05) is 25.3 Å². The second-order valence-corrected chi connectivity index (χ2v) is 12.4. The van der Waals surface area contributed by atoms with E-state index in [1.807, 2.05) is 0 Å². The number of amides is 2. The number of carbonyl (C=O) groups excluding carboxylic acids is 3. The van der Waals surface area contributed by atoms with Gasteiger partial charge in [0.25, 0.3) is 0 Å². The van der Waals surface area contributed by atoms with Gasteiger partial charge in [-0.25, -0.2) is 19.4 Å². The molecule has 0 spiro atoms. The van der Waals surface area contributed by atoms with Crippen LogP contribution in [0.2, 0.25) is 0 Å². The number of hydrogen-bond donors (Lipinski definition) is 2. The molecule has 1 saturated carbocycles. The summed E-state index contributed by atoms with van der Waals surface area (Å²) in [6.07, 6.45) is 5.48. The second-order valence-electron chi connectivity index (χ2n) is 12.4. The van der Waals surface area contributed by atoms with Crippen LogP contribution in [-0.2, 0) is 36.6 Å². The first-order valence-corrected chi connectivity index (χ1v) is 14.3. The fourth-order valence-corrected chi connectivity index (χ4v) is 5.33. The Bertz CT molecular complexity index is 1060. The van der Waals surface area contributed by atoms with E-state index in [0.717, 1.165) is 56.6 Å². The van der Waals surface area contributed by atoms with Gasteiger partial charge in [-0.15, -0.1) is 0 Å². The van der Waals surface area contributed by atoms with Crippen LogP contribution in [0, 0.1) is 5.92 Å². The van der Waals surface area contributed by atoms with E-state index in [-0.39, 0.29) is 25.6 Å². The third-order valence-corrected chi connectivity index (χ3v) is 7.53. The first-order chi connectivity index (χ1) is 18.9. The molecular formula is C29H44N4O7. The maximum Gasteiger partial charge on any atom is 0.410 e. The zero-order valence-electron chi connectivity index (χ0n) is 24.4. The molecule has 2 fully saturated rings. The molecule has 0 radical (unpaired) electrons. The standard InChI is InChI=1S/C29H44N4O7/c1-28(2,3)40-27(36)33-17-29(4,18-33)39-26(35)32-23(25(34)37-5)12-14-38-22-15-19(16-22)8-10-21-11-9-20-7-6-13-30-24(20)31-21/h9,11,19,22-23H,6-8,10,12-18H2,1-5H3,(H,30,31)(H,32,35)/t19-,22-,23?. The Balaban J connectivity index is 1.12. The molecule has 2 amide bonds. The quantitative estimate of drug-likeness (QED) is 0.324. The highest BCUT2D eigenvalue weighted by Gasteiger charge is 2.46. The van der Waals surface area contributed by atoms with Crippen LogP contribution in [0.4, 0.5) is 15.4 Å². The number of aromatic nitrogens is 1. The average Bonchev–Trinajstić information content (AvgIpc) is 2.85. The number of alkyl carbamates (subject to hydrolysis) is 1. The predicted octanol–water partition coefficient (Wildman–Crippen LogP) is 3.83. The number of rotatable bonds is 10. The summed E-state index contributed by atoms with van der Waals surface area (Å²) in [5.74, 6) is 1.08. The van der Waals surface area contributed by atoms with E-state index in [1.165, 1.54) is 17.6 Å². The molecule has 0 bridgehead atoms. The van der Waals surface area contributed by atoms with Gasteiger partial charge in [-0.1, -0.05) is 6.07 Å². The zero-order chi connectivity index (χ0) is 28.9. The molecule has 1 saturated heterocycles. The Kier molecular flexibility index (Phi) is 9.43. The molecule has 1 aromatic rings. The van der Waals surface area contributed by atoms with Crippen molar-refractivity contribution in [3.63, 3.8) is 0 Å². The summed E-state index contributed by atoms with van der Waals surface area (Å²) in [5, 5.41) is 5.98. The van der Waals surface area contributed by atoms with Gasteiger partial charge in [0.1, 0.15) is 23.1 Å². The maximum absolute atomic E-state index is 12.5. The zero-order valence-corrected chi connectivity index (χ0v) is 24.4. The normalized spacial score (nSPS) is 22.0. The Labute approximate surface area is 236 Å². The molecule has 1 aliphatic carbocycles. The lowest BCUT2D eigenvalue weighted by Crippen LogP contribution is -2.65. The first kappa shape index (κ1) is 29.9. The Hall–Kier alpha value is -3.08. The number of nitrogens with zero attached hydrogens (tertiary/aromatic N) is 2. The number of fused-ring (bicyclic) bond motifs is 1. The van der Waals surface area contributed by atoms with E-state index in [1.54, 1.807) is 27.7 Å². The van der Waals surface area contributed by atoms with Crippen molar-refractivity contribution in [1.29, 1.82) is 0 Å². The molecule has 11 heteroatoms. The van der Waals surface area contributed by atoms with Gasteiger partial charge < -0.3 is 34.5 Å². The largest absolute Gasteiger partial charge is 0.467 e. The van der Waals surface area contributed by atoms with Crippen molar-refractivity contribution in [2.75, 3.05) is 38.7 Å². The fourth-order valence-electron chi connectivity index (χ4n) is 5.33. The Morgan fingerprint density at radius 1 is 1.23 bits per heavy atom. The van der Waals surface area contributed by atoms with E-state index in [2.05, 4.69) is 22.8 Å². The molecule has 11 nitrogen and oxygen atoms in total. The molecule has 1 unspecified atom stereocenters. The highest BCUT2D eigenvalue weighted by Crippen LogP contribution is 2.34. The number of esters is 1. The minimum Gasteiger partial charge on any atom is -0.467 e. The number of ether oxygens (including phenoxy) is 4. The van der Waals surface area contributed by atoms with Crippen LogP contribution < -0.4 is 10.6 Å². The van der Waals surface area contributed by atoms with Gasteiger partial charge in [-0.3, -0.25) is 0 Å². The lowest BCUT2D eigenvalue weighted by molar-refractivity contribution is -0.144. The minimum atomic E-state index is -0.886. The molecular weight excluding hydrogens is 516 g/mol. The lowest BCUT2D eigenvalue weighted by atomic mass is 9.79. The van der Waals surface area contributed by atoms with Crippen molar-refractivity contribution in [3.8, 4) is 0 Å². The molecule has 1 atom stereocenters. The number of pyridine rings is 1. The number of nitrogens with one attached hydrogen (secondary N) is 2. The second kappa shape index (κ2) is 12.6. The third kappa shape index (κ3) is 8.22. The van der Waals surface area contributed by atoms with E-state index in [4.69, 9.17) is 23.9 Å². The van der Waals surface area contributed by atoms with Crippen LogP contribution in [0.1, 0.15) is 71.1 Å². The van der Waals surface area contributed by atoms with Crippen molar-refractivity contribution < 1.29 is 33.3 Å². The van der Waals surface area contributed by atoms with E-state index in [9.17, 15) is 14.4 Å². The maximum atomic E-state index is 12.5. The summed E-state index contributed by atoms with van der Waals surface area (Å²) >= 11 is 0. The Morgan fingerprint density at radius 3 is 2.67 bits per heavy atom. The van der Waals surface area contributed by atoms with Crippen molar-refractivity contribution in [2.45, 2.75) is 96.0 Å². The third-order valence-electron chi connectivity index (χ3n) is 7.53. The number of anilines is 1. The summed E-state index contributed by atoms with van der Waals surface area (Å²) in [5.41, 5.74) is 0.977. The summed E-state index contributed by atoms with van der Waals surface area (Å²) in [6, 6.07) is 3.46. The lowest BCUT2D eigenvalue weighted by Gasteiger charge is -2.46. The van der Waals surface area contributed by atoms with Crippen LogP contribution in [0.25, 0.3) is 0 Å². The van der Waals surface area contributed by atoms with Gasteiger partial charge in [0.05, 0.1) is 26.3 Å². The highest BCUT2D eigenvalue weighted by molar-refractivity contribution is 5.81. The van der Waals surface area contributed by atoms with Gasteiger partial charge in [0.2, 0.25) is 0 Å². The first-order valence-electron chi connectivity index (χ1n) is 14.3. The number of aryl methyl sites for hydroxylation is 2. The van der Waals surface area contributed by atoms with Crippen LogP contribution in [0.15, 0.2) is 12.1 Å². The van der Waals surface area contributed by atoms with Crippen LogP contribution in [0.3, 0.4) is 0 Å².